The predicted molar refractivity (Wildman–Crippen MR) is 87.4 cm³/mol. The molecule has 0 bridgehead atoms. The molecule has 2 rings (SSSR count). The summed E-state index contributed by atoms with van der Waals surface area (Å²) in [7, 11) is -8.90. The molecule has 0 aliphatic rings. The number of aromatic hydroxyl groups is 2. The molecule has 0 saturated heterocycles. The van der Waals surface area contributed by atoms with Crippen molar-refractivity contribution in [3.05, 3.63) is 47.5 Å². The molecule has 0 spiro atoms. The molecule has 0 heterocycles. The maximum Gasteiger partial charge on any atom is 2.00 e. The van der Waals surface area contributed by atoms with Gasteiger partial charge in [0.1, 0.15) is 31.7 Å². The van der Waals surface area contributed by atoms with Crippen LogP contribution in [-0.4, -0.2) is 73.9 Å². The zero-order valence-electron chi connectivity index (χ0n) is 13.3. The molecule has 0 unspecified atom stereocenters. The molecule has 0 aromatic heterocycles. The van der Waals surface area contributed by atoms with E-state index in [1.165, 1.54) is 12.1 Å². The SMILES string of the molecule is Cc1ccc(S(=O)(=O)[O-])cc1O.Cc1ccc(S(=O)(=O)[O-])cc1O.[Ca+2]. The zero-order chi connectivity index (χ0) is 18.7. The molecule has 11 heteroatoms. The van der Waals surface area contributed by atoms with Crippen molar-refractivity contribution < 1.29 is 36.2 Å². The van der Waals surface area contributed by atoms with Gasteiger partial charge in [0.25, 0.3) is 0 Å². The van der Waals surface area contributed by atoms with Crippen LogP contribution in [0, 0.1) is 13.8 Å². The molecule has 25 heavy (non-hydrogen) atoms. The van der Waals surface area contributed by atoms with Gasteiger partial charge in [0.15, 0.2) is 0 Å². The number of aryl methyl sites for hydroxylation is 2. The number of rotatable bonds is 2. The van der Waals surface area contributed by atoms with E-state index in [1.54, 1.807) is 13.8 Å². The molecular formula is C14H14CaO8S2. The molecule has 0 radical (unpaired) electrons. The van der Waals surface area contributed by atoms with Crippen molar-refractivity contribution in [1.29, 1.82) is 0 Å². The summed E-state index contributed by atoms with van der Waals surface area (Å²) in [6.07, 6.45) is 0. The summed E-state index contributed by atoms with van der Waals surface area (Å²) in [5.41, 5.74) is 1.06. The van der Waals surface area contributed by atoms with E-state index in [1.807, 2.05) is 0 Å². The summed E-state index contributed by atoms with van der Waals surface area (Å²) in [5.74, 6) is -0.376. The molecule has 8 nitrogen and oxygen atoms in total. The normalized spacial score (nSPS) is 11.0. The fourth-order valence-electron chi connectivity index (χ4n) is 1.49. The fraction of sp³-hybridized carbons (Fsp3) is 0.143. The Kier molecular flexibility index (Phi) is 8.85. The van der Waals surface area contributed by atoms with Crippen molar-refractivity contribution in [3.63, 3.8) is 0 Å². The molecule has 0 aliphatic carbocycles. The Morgan fingerprint density at radius 1 is 0.720 bits per heavy atom. The Balaban J connectivity index is 0.000000443. The van der Waals surface area contributed by atoms with Gasteiger partial charge in [0.2, 0.25) is 0 Å². The van der Waals surface area contributed by atoms with Gasteiger partial charge in [-0.05, 0) is 49.2 Å². The number of phenolic OH excluding ortho intramolecular Hbond substituents is 2. The molecule has 0 amide bonds. The fourth-order valence-corrected chi connectivity index (χ4v) is 2.47. The van der Waals surface area contributed by atoms with Gasteiger partial charge in [-0.15, -0.1) is 0 Å². The van der Waals surface area contributed by atoms with E-state index in [0.717, 1.165) is 24.3 Å². The van der Waals surface area contributed by atoms with Gasteiger partial charge in [0, 0.05) is 0 Å². The molecule has 0 saturated carbocycles. The Hall–Kier alpha value is -0.880. The van der Waals surface area contributed by atoms with Crippen LogP contribution in [0.2, 0.25) is 0 Å². The van der Waals surface area contributed by atoms with E-state index >= 15 is 0 Å². The van der Waals surface area contributed by atoms with Gasteiger partial charge < -0.3 is 19.3 Å². The third kappa shape index (κ3) is 7.48. The first-order valence-corrected chi connectivity index (χ1v) is 9.15. The van der Waals surface area contributed by atoms with Crippen LogP contribution in [0.1, 0.15) is 11.1 Å². The van der Waals surface area contributed by atoms with Crippen LogP contribution in [0.15, 0.2) is 46.2 Å². The van der Waals surface area contributed by atoms with Crippen LogP contribution in [0.4, 0.5) is 0 Å². The van der Waals surface area contributed by atoms with E-state index in [4.69, 9.17) is 10.2 Å². The molecule has 0 fully saturated rings. The Morgan fingerprint density at radius 3 is 1.20 bits per heavy atom. The monoisotopic (exact) mass is 414 g/mol. The predicted octanol–water partition coefficient (Wildman–Crippen LogP) is 0.829. The minimum absolute atomic E-state index is 0. The second kappa shape index (κ2) is 9.17. The zero-order valence-corrected chi connectivity index (χ0v) is 17.2. The first kappa shape index (κ1) is 24.1. The minimum atomic E-state index is -4.45. The second-order valence-corrected chi connectivity index (χ2v) is 7.56. The molecular weight excluding hydrogens is 400 g/mol. The van der Waals surface area contributed by atoms with Crippen molar-refractivity contribution in [2.45, 2.75) is 23.6 Å². The molecule has 2 aromatic carbocycles. The summed E-state index contributed by atoms with van der Waals surface area (Å²) in [6.45, 7) is 3.22. The van der Waals surface area contributed by atoms with Crippen molar-refractivity contribution in [2.75, 3.05) is 0 Å². The van der Waals surface area contributed by atoms with Crippen molar-refractivity contribution in [2.24, 2.45) is 0 Å². The van der Waals surface area contributed by atoms with E-state index < -0.39 is 30.0 Å². The van der Waals surface area contributed by atoms with Crippen LogP contribution >= 0.6 is 0 Å². The van der Waals surface area contributed by atoms with Gasteiger partial charge in [-0.3, -0.25) is 0 Å². The number of hydrogen-bond donors (Lipinski definition) is 2. The first-order valence-electron chi connectivity index (χ1n) is 6.33. The van der Waals surface area contributed by atoms with Gasteiger partial charge >= 0.3 is 37.7 Å². The van der Waals surface area contributed by atoms with E-state index in [0.29, 0.717) is 11.1 Å². The maximum absolute atomic E-state index is 10.4. The summed E-state index contributed by atoms with van der Waals surface area (Å²) in [6, 6.07) is 6.96. The van der Waals surface area contributed by atoms with Crippen LogP contribution < -0.4 is 0 Å². The molecule has 132 valence electrons. The van der Waals surface area contributed by atoms with Gasteiger partial charge in [-0.1, -0.05) is 12.1 Å². The molecule has 2 aromatic rings. The molecule has 0 aliphatic heterocycles. The van der Waals surface area contributed by atoms with Crippen LogP contribution in [0.3, 0.4) is 0 Å². The van der Waals surface area contributed by atoms with Crippen molar-refractivity contribution in [3.8, 4) is 11.5 Å². The van der Waals surface area contributed by atoms with E-state index in [-0.39, 0.29) is 49.2 Å². The van der Waals surface area contributed by atoms with Crippen molar-refractivity contribution in [1.82, 2.24) is 0 Å². The van der Waals surface area contributed by atoms with Crippen molar-refractivity contribution >= 4 is 58.0 Å². The summed E-state index contributed by atoms with van der Waals surface area (Å²) < 4.78 is 62.6. The Bertz CT molecular complexity index is 873. The standard InChI is InChI=1S/2C7H8O4S.Ca/c2*1-5-2-3-6(4-7(5)8)12(9,10)11;/h2*2-4,8H,1H3,(H,9,10,11);/q;;+2/p-2. The molecule has 2 N–H and O–H groups in total. The smallest absolute Gasteiger partial charge is 0.744 e. The molecule has 0 atom stereocenters. The largest absolute Gasteiger partial charge is 2.00 e. The second-order valence-electron chi connectivity index (χ2n) is 4.80. The van der Waals surface area contributed by atoms with E-state index in [2.05, 4.69) is 0 Å². The summed E-state index contributed by atoms with van der Waals surface area (Å²) >= 11 is 0. The van der Waals surface area contributed by atoms with Crippen LogP contribution in [0.5, 0.6) is 11.5 Å². The number of benzene rings is 2. The summed E-state index contributed by atoms with van der Waals surface area (Å²) in [4.78, 5) is -0.823. The van der Waals surface area contributed by atoms with Crippen LogP contribution in [0.25, 0.3) is 0 Å². The average molecular weight is 414 g/mol. The first-order chi connectivity index (χ1) is 10.8. The number of hydrogen-bond acceptors (Lipinski definition) is 8. The van der Waals surface area contributed by atoms with Crippen LogP contribution in [-0.2, 0) is 20.2 Å². The number of phenols is 2. The average Bonchev–Trinajstić information content (AvgIpc) is 2.43. The van der Waals surface area contributed by atoms with Gasteiger partial charge in [-0.25, -0.2) is 16.8 Å². The Labute approximate surface area is 175 Å². The minimum Gasteiger partial charge on any atom is -0.744 e. The van der Waals surface area contributed by atoms with Gasteiger partial charge in [0.05, 0.1) is 9.79 Å². The summed E-state index contributed by atoms with van der Waals surface area (Å²) in [5, 5.41) is 18.1. The quantitative estimate of drug-likeness (QED) is 0.541. The third-order valence-electron chi connectivity index (χ3n) is 2.94. The Morgan fingerprint density at radius 2 is 1.00 bits per heavy atom. The van der Waals surface area contributed by atoms with E-state index in [9.17, 15) is 25.9 Å². The third-order valence-corrected chi connectivity index (χ3v) is 4.60. The topological polar surface area (TPSA) is 155 Å². The van der Waals surface area contributed by atoms with Gasteiger partial charge in [-0.2, -0.15) is 0 Å². The maximum atomic E-state index is 10.4.